The molecule has 3 N–H and O–H groups in total. The highest BCUT2D eigenvalue weighted by atomic mass is 19.1. The van der Waals surface area contributed by atoms with E-state index < -0.39 is 11.9 Å². The van der Waals surface area contributed by atoms with Crippen LogP contribution >= 0.6 is 0 Å². The summed E-state index contributed by atoms with van der Waals surface area (Å²) < 4.78 is 20.1. The van der Waals surface area contributed by atoms with Gasteiger partial charge in [-0.1, -0.05) is 12.1 Å². The number of anilines is 2. The first-order chi connectivity index (χ1) is 15.5. The number of hydrogen-bond donors (Lipinski definition) is 2. The van der Waals surface area contributed by atoms with Crippen LogP contribution < -0.4 is 20.3 Å². The maximum atomic E-state index is 14.7. The predicted octanol–water partition coefficient (Wildman–Crippen LogP) is 1.96. The Balaban J connectivity index is 1.52. The van der Waals surface area contributed by atoms with E-state index in [4.69, 9.17) is 10.5 Å². The van der Waals surface area contributed by atoms with Crippen LogP contribution in [0.4, 0.5) is 16.0 Å². The molecule has 2 aromatic heterocycles. The number of ether oxygens (including phenoxy) is 1. The Morgan fingerprint density at radius 1 is 1.16 bits per heavy atom. The molecule has 3 aromatic rings. The molecule has 4 heterocycles. The van der Waals surface area contributed by atoms with Crippen LogP contribution in [0.1, 0.15) is 15.9 Å². The number of hydrogen-bond acceptors (Lipinski definition) is 7. The molecule has 0 radical (unpaired) electrons. The maximum absolute atomic E-state index is 14.7. The van der Waals surface area contributed by atoms with Crippen LogP contribution in [0.5, 0.6) is 5.75 Å². The fraction of sp³-hybridized carbons (Fsp3) is 0.261. The van der Waals surface area contributed by atoms with Gasteiger partial charge in [0, 0.05) is 36.5 Å². The molecule has 8 nitrogen and oxygen atoms in total. The van der Waals surface area contributed by atoms with Crippen LogP contribution in [-0.4, -0.2) is 53.3 Å². The fourth-order valence-corrected chi connectivity index (χ4v) is 4.27. The molecule has 0 saturated carbocycles. The first-order valence-electron chi connectivity index (χ1n) is 10.3. The molecule has 164 valence electrons. The van der Waals surface area contributed by atoms with Crippen molar-refractivity contribution < 1.29 is 19.0 Å². The second-order valence-corrected chi connectivity index (χ2v) is 7.88. The number of halogens is 1. The number of aliphatic hydroxyl groups excluding tert-OH is 1. The Bertz CT molecular complexity index is 1190. The number of pyridine rings is 2. The molecule has 0 bridgehead atoms. The van der Waals surface area contributed by atoms with E-state index in [-0.39, 0.29) is 24.1 Å². The summed E-state index contributed by atoms with van der Waals surface area (Å²) in [5, 5.41) is 9.97. The van der Waals surface area contributed by atoms with Gasteiger partial charge in [0.25, 0.3) is 5.91 Å². The highest BCUT2D eigenvalue weighted by Crippen LogP contribution is 2.38. The van der Waals surface area contributed by atoms with E-state index in [2.05, 4.69) is 9.97 Å². The minimum Gasteiger partial charge on any atom is -0.496 e. The Hall–Kier alpha value is -3.56. The fourth-order valence-electron chi connectivity index (χ4n) is 4.27. The third-order valence-corrected chi connectivity index (χ3v) is 5.93. The van der Waals surface area contributed by atoms with E-state index >= 15 is 0 Å². The largest absolute Gasteiger partial charge is 0.496 e. The molecule has 2 aliphatic rings. The number of benzene rings is 1. The van der Waals surface area contributed by atoms with Gasteiger partial charge < -0.3 is 20.5 Å². The van der Waals surface area contributed by atoms with Crippen molar-refractivity contribution in [3.05, 3.63) is 65.6 Å². The number of carbonyl (C=O) groups excluding carboxylic acids is 1. The molecule has 9 heteroatoms. The summed E-state index contributed by atoms with van der Waals surface area (Å²) in [6.07, 6.45) is 0.876. The van der Waals surface area contributed by atoms with Crippen LogP contribution in [0.2, 0.25) is 0 Å². The Kier molecular flexibility index (Phi) is 4.99. The van der Waals surface area contributed by atoms with Gasteiger partial charge in [0.1, 0.15) is 23.2 Å². The first kappa shape index (κ1) is 20.3. The van der Waals surface area contributed by atoms with Gasteiger partial charge in [0.15, 0.2) is 0 Å². The molecule has 1 amide bonds. The molecule has 0 unspecified atom stereocenters. The van der Waals surface area contributed by atoms with E-state index in [9.17, 15) is 14.3 Å². The first-order valence-corrected chi connectivity index (χ1v) is 10.3. The van der Waals surface area contributed by atoms with E-state index in [1.165, 1.54) is 19.4 Å². The highest BCUT2D eigenvalue weighted by molar-refractivity contribution is 6.10. The Morgan fingerprint density at radius 2 is 1.94 bits per heavy atom. The van der Waals surface area contributed by atoms with E-state index in [1.54, 1.807) is 29.2 Å². The van der Waals surface area contributed by atoms with Crippen LogP contribution in [0, 0.1) is 5.82 Å². The normalized spacial score (nSPS) is 20.1. The number of rotatable bonds is 4. The zero-order valence-corrected chi connectivity index (χ0v) is 17.4. The van der Waals surface area contributed by atoms with Crippen molar-refractivity contribution in [1.82, 2.24) is 9.97 Å². The highest BCUT2D eigenvalue weighted by Gasteiger charge is 2.34. The van der Waals surface area contributed by atoms with Crippen molar-refractivity contribution in [1.29, 1.82) is 0 Å². The number of β-amino-alcohol motifs (C(OH)–C–C–N with tert-alkyl or cyclic N) is 1. The van der Waals surface area contributed by atoms with Gasteiger partial charge in [0.2, 0.25) is 0 Å². The number of amides is 1. The Labute approximate surface area is 184 Å². The lowest BCUT2D eigenvalue weighted by atomic mass is 10.0. The van der Waals surface area contributed by atoms with Crippen molar-refractivity contribution in [2.45, 2.75) is 18.7 Å². The standard InChI is InChI=1S/C23H22FN5O3/c1-32-18-5-2-4-15(24)21(18)22-14-10-29(23(31)13(14)8-9-26-22)20-7-3-6-19(27-20)28-11-16(25)17(30)12-28/h2-9,16-17,30H,10-12,25H2,1H3/t16-,17+/m1/s1. The molecule has 1 saturated heterocycles. The minimum atomic E-state index is -0.623. The lowest BCUT2D eigenvalue weighted by Crippen LogP contribution is -2.32. The maximum Gasteiger partial charge on any atom is 0.260 e. The average molecular weight is 435 g/mol. The van der Waals surface area contributed by atoms with Crippen molar-refractivity contribution >= 4 is 17.5 Å². The zero-order chi connectivity index (χ0) is 22.4. The van der Waals surface area contributed by atoms with Crippen LogP contribution in [0.15, 0.2) is 48.7 Å². The van der Waals surface area contributed by atoms with Crippen molar-refractivity contribution in [2.75, 3.05) is 30.0 Å². The molecule has 2 atom stereocenters. The summed E-state index contributed by atoms with van der Waals surface area (Å²) in [7, 11) is 1.47. The second kappa shape index (κ2) is 7.85. The molecule has 32 heavy (non-hydrogen) atoms. The summed E-state index contributed by atoms with van der Waals surface area (Å²) in [6.45, 7) is 1.06. The summed E-state index contributed by atoms with van der Waals surface area (Å²) in [4.78, 5) is 25.7. The summed E-state index contributed by atoms with van der Waals surface area (Å²) >= 11 is 0. The third kappa shape index (κ3) is 3.26. The summed E-state index contributed by atoms with van der Waals surface area (Å²) in [6, 6.07) is 11.2. The van der Waals surface area contributed by atoms with Gasteiger partial charge in [-0.05, 0) is 30.3 Å². The molecule has 2 aliphatic heterocycles. The third-order valence-electron chi connectivity index (χ3n) is 5.93. The topological polar surface area (TPSA) is 105 Å². The molecule has 0 aliphatic carbocycles. The van der Waals surface area contributed by atoms with Gasteiger partial charge >= 0.3 is 0 Å². The SMILES string of the molecule is COc1cccc(F)c1-c1nccc2c1CN(c1cccc(N3C[C@@H](N)[C@@H](O)C3)n1)C2=O. The van der Waals surface area contributed by atoms with Crippen LogP contribution in [-0.2, 0) is 6.54 Å². The van der Waals surface area contributed by atoms with Crippen molar-refractivity contribution in [2.24, 2.45) is 5.73 Å². The summed E-state index contributed by atoms with van der Waals surface area (Å²) in [5.41, 5.74) is 7.59. The quantitative estimate of drug-likeness (QED) is 0.646. The molecular weight excluding hydrogens is 413 g/mol. The van der Waals surface area contributed by atoms with Crippen molar-refractivity contribution in [3.63, 3.8) is 0 Å². The number of nitrogens with two attached hydrogens (primary N) is 1. The second-order valence-electron chi connectivity index (χ2n) is 7.88. The van der Waals surface area contributed by atoms with E-state index in [0.29, 0.717) is 47.3 Å². The Morgan fingerprint density at radius 3 is 2.69 bits per heavy atom. The van der Waals surface area contributed by atoms with Gasteiger partial charge in [-0.3, -0.25) is 14.7 Å². The molecule has 5 rings (SSSR count). The number of aromatic nitrogens is 2. The number of methoxy groups -OCH3 is 1. The van der Waals surface area contributed by atoms with Crippen molar-refractivity contribution in [3.8, 4) is 17.0 Å². The molecule has 1 fully saturated rings. The zero-order valence-electron chi connectivity index (χ0n) is 17.4. The predicted molar refractivity (Wildman–Crippen MR) is 117 cm³/mol. The molecular formula is C23H22FN5O3. The van der Waals surface area contributed by atoms with Gasteiger partial charge in [-0.15, -0.1) is 0 Å². The lowest BCUT2D eigenvalue weighted by molar-refractivity contribution is 0.0996. The number of aliphatic hydroxyl groups is 1. The monoisotopic (exact) mass is 435 g/mol. The van der Waals surface area contributed by atoms with Gasteiger partial charge in [0.05, 0.1) is 31.0 Å². The number of fused-ring (bicyclic) bond motifs is 1. The van der Waals surface area contributed by atoms with E-state index in [1.807, 2.05) is 17.0 Å². The minimum absolute atomic E-state index is 0.202. The lowest BCUT2D eigenvalue weighted by Gasteiger charge is -2.20. The average Bonchev–Trinajstić information content (AvgIpc) is 3.33. The molecule has 1 aromatic carbocycles. The van der Waals surface area contributed by atoms with Gasteiger partial charge in [-0.2, -0.15) is 0 Å². The molecule has 0 spiro atoms. The van der Waals surface area contributed by atoms with E-state index in [0.717, 1.165) is 0 Å². The smallest absolute Gasteiger partial charge is 0.260 e. The number of nitrogens with zero attached hydrogens (tertiary/aromatic N) is 4. The van der Waals surface area contributed by atoms with Gasteiger partial charge in [-0.25, -0.2) is 9.37 Å². The summed E-state index contributed by atoms with van der Waals surface area (Å²) in [5.74, 6) is 0.736. The van der Waals surface area contributed by atoms with Crippen LogP contribution in [0.3, 0.4) is 0 Å². The van der Waals surface area contributed by atoms with Crippen LogP contribution in [0.25, 0.3) is 11.3 Å². The number of carbonyl (C=O) groups is 1.